The van der Waals surface area contributed by atoms with Crippen molar-refractivity contribution in [3.05, 3.63) is 35.4 Å². The average Bonchev–Trinajstić information content (AvgIpc) is 2.28. The summed E-state index contributed by atoms with van der Waals surface area (Å²) in [4.78, 5) is 15.7. The number of rotatable bonds is 2. The van der Waals surface area contributed by atoms with E-state index >= 15 is 0 Å². The van der Waals surface area contributed by atoms with Gasteiger partial charge in [0.1, 0.15) is 5.92 Å². The van der Waals surface area contributed by atoms with E-state index in [1.165, 1.54) is 0 Å². The second kappa shape index (κ2) is 4.86. The van der Waals surface area contributed by atoms with Gasteiger partial charge < -0.3 is 11.1 Å². The molecule has 18 heavy (non-hydrogen) atoms. The van der Waals surface area contributed by atoms with Crippen LogP contribution in [-0.4, -0.2) is 16.7 Å². The van der Waals surface area contributed by atoms with Crippen LogP contribution in [0.2, 0.25) is 0 Å². The minimum atomic E-state index is -0.459. The molecule has 3 N–H and O–H groups in total. The number of aryl methyl sites for hydroxylation is 1. The van der Waals surface area contributed by atoms with Crippen molar-refractivity contribution in [3.63, 3.8) is 0 Å². The summed E-state index contributed by atoms with van der Waals surface area (Å²) in [5, 5.41) is 3.46. The Balaban J connectivity index is 2.41. The van der Waals surface area contributed by atoms with Crippen LogP contribution in [-0.2, 0) is 4.79 Å². The van der Waals surface area contributed by atoms with E-state index < -0.39 is 11.8 Å². The van der Waals surface area contributed by atoms with Crippen LogP contribution in [0.3, 0.4) is 0 Å². The van der Waals surface area contributed by atoms with Crippen molar-refractivity contribution in [1.82, 2.24) is 5.32 Å². The number of nitrogens with one attached hydrogen (secondary N) is 1. The van der Waals surface area contributed by atoms with E-state index in [1.54, 1.807) is 6.92 Å². The van der Waals surface area contributed by atoms with Crippen LogP contribution >= 0.6 is 12.2 Å². The highest BCUT2D eigenvalue weighted by Crippen LogP contribution is 2.26. The Bertz CT molecular complexity index is 522. The van der Waals surface area contributed by atoms with E-state index in [4.69, 9.17) is 18.0 Å². The van der Waals surface area contributed by atoms with E-state index in [9.17, 15) is 4.79 Å². The van der Waals surface area contributed by atoms with Crippen LogP contribution in [0.5, 0.6) is 0 Å². The standard InChI is InChI=1S/C13H15N3OS/c1-7-3-5-9(6-4-7)11-10(12(14)17)8(2)15-13(18)16-11/h3-6,10-11H,1-2H3,(H2,14,17)(H,16,18). The molecule has 2 unspecified atom stereocenters. The Labute approximate surface area is 111 Å². The normalized spacial score (nSPS) is 23.2. The highest BCUT2D eigenvalue weighted by atomic mass is 32.1. The molecule has 0 radical (unpaired) electrons. The molecule has 0 aromatic heterocycles. The quantitative estimate of drug-likeness (QED) is 0.793. The van der Waals surface area contributed by atoms with Crippen LogP contribution < -0.4 is 11.1 Å². The number of primary amides is 1. The minimum absolute atomic E-state index is 0.229. The molecule has 1 heterocycles. The number of hydrogen-bond acceptors (Lipinski definition) is 2. The van der Waals surface area contributed by atoms with Gasteiger partial charge in [-0.25, -0.2) is 4.99 Å². The molecular weight excluding hydrogens is 246 g/mol. The Hall–Kier alpha value is -1.75. The molecular formula is C13H15N3OS. The van der Waals surface area contributed by atoms with E-state index in [2.05, 4.69) is 10.3 Å². The van der Waals surface area contributed by atoms with Crippen molar-refractivity contribution in [2.75, 3.05) is 0 Å². The van der Waals surface area contributed by atoms with Crippen molar-refractivity contribution in [1.29, 1.82) is 0 Å². The Kier molecular flexibility index (Phi) is 3.43. The lowest BCUT2D eigenvalue weighted by molar-refractivity contribution is -0.120. The topological polar surface area (TPSA) is 67.5 Å². The van der Waals surface area contributed by atoms with Crippen LogP contribution in [0, 0.1) is 12.8 Å². The highest BCUT2D eigenvalue weighted by Gasteiger charge is 2.34. The molecule has 1 amide bonds. The summed E-state index contributed by atoms with van der Waals surface area (Å²) in [7, 11) is 0. The largest absolute Gasteiger partial charge is 0.369 e. The number of thiocarbonyl (C=S) groups is 1. The summed E-state index contributed by atoms with van der Waals surface area (Å²) in [6.45, 7) is 3.80. The summed E-state index contributed by atoms with van der Waals surface area (Å²) in [5.41, 5.74) is 8.27. The number of carbonyl (C=O) groups excluding carboxylic acids is 1. The lowest BCUT2D eigenvalue weighted by Gasteiger charge is -2.30. The maximum absolute atomic E-state index is 11.6. The Morgan fingerprint density at radius 3 is 2.50 bits per heavy atom. The fraction of sp³-hybridized carbons (Fsp3) is 0.308. The zero-order valence-electron chi connectivity index (χ0n) is 10.3. The van der Waals surface area contributed by atoms with E-state index in [0.29, 0.717) is 10.8 Å². The maximum Gasteiger partial charge on any atom is 0.228 e. The lowest BCUT2D eigenvalue weighted by Crippen LogP contribution is -2.45. The average molecular weight is 261 g/mol. The van der Waals surface area contributed by atoms with Gasteiger partial charge in [0.15, 0.2) is 5.11 Å². The second-order valence-electron chi connectivity index (χ2n) is 4.47. The van der Waals surface area contributed by atoms with Gasteiger partial charge in [-0.1, -0.05) is 29.8 Å². The molecule has 4 nitrogen and oxygen atoms in total. The Morgan fingerprint density at radius 1 is 1.33 bits per heavy atom. The van der Waals surface area contributed by atoms with Crippen LogP contribution in [0.4, 0.5) is 0 Å². The molecule has 0 fully saturated rings. The lowest BCUT2D eigenvalue weighted by atomic mass is 9.87. The molecule has 1 aliphatic heterocycles. The smallest absolute Gasteiger partial charge is 0.228 e. The number of nitrogens with zero attached hydrogens (tertiary/aromatic N) is 1. The zero-order chi connectivity index (χ0) is 13.3. The summed E-state index contributed by atoms with van der Waals surface area (Å²) < 4.78 is 0. The fourth-order valence-corrected chi connectivity index (χ4v) is 2.41. The number of carbonyl (C=O) groups is 1. The van der Waals surface area contributed by atoms with Crippen molar-refractivity contribution < 1.29 is 4.79 Å². The van der Waals surface area contributed by atoms with Gasteiger partial charge in [-0.05, 0) is 31.6 Å². The number of nitrogens with two attached hydrogens (primary N) is 1. The summed E-state index contributed by atoms with van der Waals surface area (Å²) in [6, 6.07) is 7.72. The van der Waals surface area contributed by atoms with Gasteiger partial charge in [-0.3, -0.25) is 4.79 Å². The first-order chi connectivity index (χ1) is 8.49. The van der Waals surface area contributed by atoms with E-state index in [1.807, 2.05) is 31.2 Å². The van der Waals surface area contributed by atoms with Gasteiger partial charge in [-0.2, -0.15) is 0 Å². The van der Waals surface area contributed by atoms with Gasteiger partial charge in [0.05, 0.1) is 6.04 Å². The van der Waals surface area contributed by atoms with Gasteiger partial charge in [0.2, 0.25) is 5.91 Å². The van der Waals surface area contributed by atoms with Crippen molar-refractivity contribution in [3.8, 4) is 0 Å². The molecule has 1 aromatic rings. The number of amides is 1. The first-order valence-corrected chi connectivity index (χ1v) is 6.11. The molecule has 2 rings (SSSR count). The van der Waals surface area contributed by atoms with E-state index in [-0.39, 0.29) is 6.04 Å². The number of aliphatic imine (C=N–C) groups is 1. The van der Waals surface area contributed by atoms with Gasteiger partial charge in [0, 0.05) is 5.71 Å². The Morgan fingerprint density at radius 2 is 1.94 bits per heavy atom. The van der Waals surface area contributed by atoms with Crippen LogP contribution in [0.1, 0.15) is 24.1 Å². The third-order valence-electron chi connectivity index (χ3n) is 3.08. The molecule has 0 saturated heterocycles. The number of benzene rings is 1. The fourth-order valence-electron chi connectivity index (χ4n) is 2.14. The molecule has 1 aromatic carbocycles. The van der Waals surface area contributed by atoms with Gasteiger partial charge in [-0.15, -0.1) is 0 Å². The molecule has 5 heteroatoms. The zero-order valence-corrected chi connectivity index (χ0v) is 11.1. The van der Waals surface area contributed by atoms with Crippen molar-refractivity contribution >= 4 is 28.9 Å². The summed E-state index contributed by atoms with van der Waals surface area (Å²) >= 11 is 5.07. The van der Waals surface area contributed by atoms with Gasteiger partial charge in [0.25, 0.3) is 0 Å². The first kappa shape index (κ1) is 12.7. The third kappa shape index (κ3) is 2.41. The predicted octanol–water partition coefficient (Wildman–Crippen LogP) is 1.49. The first-order valence-electron chi connectivity index (χ1n) is 5.70. The molecule has 0 saturated carbocycles. The predicted molar refractivity (Wildman–Crippen MR) is 75.4 cm³/mol. The molecule has 0 aliphatic carbocycles. The molecule has 0 bridgehead atoms. The van der Waals surface area contributed by atoms with Crippen LogP contribution in [0.25, 0.3) is 0 Å². The van der Waals surface area contributed by atoms with E-state index in [0.717, 1.165) is 11.1 Å². The molecule has 1 aliphatic rings. The van der Waals surface area contributed by atoms with Crippen LogP contribution in [0.15, 0.2) is 29.3 Å². The third-order valence-corrected chi connectivity index (χ3v) is 3.29. The second-order valence-corrected chi connectivity index (χ2v) is 4.86. The molecule has 2 atom stereocenters. The molecule has 94 valence electrons. The minimum Gasteiger partial charge on any atom is -0.369 e. The SMILES string of the molecule is CC1=NC(=S)NC(c2ccc(C)cc2)C1C(N)=O. The van der Waals surface area contributed by atoms with Crippen molar-refractivity contribution in [2.45, 2.75) is 19.9 Å². The monoisotopic (exact) mass is 261 g/mol. The summed E-state index contributed by atoms with van der Waals surface area (Å²) in [6.07, 6.45) is 0. The highest BCUT2D eigenvalue weighted by molar-refractivity contribution is 7.80. The molecule has 0 spiro atoms. The number of hydrogen-bond donors (Lipinski definition) is 2. The maximum atomic E-state index is 11.6. The van der Waals surface area contributed by atoms with Crippen molar-refractivity contribution in [2.24, 2.45) is 16.6 Å². The summed E-state index contributed by atoms with van der Waals surface area (Å²) in [5.74, 6) is -0.851. The van der Waals surface area contributed by atoms with Gasteiger partial charge >= 0.3 is 0 Å².